The lowest BCUT2D eigenvalue weighted by Gasteiger charge is -2.58. The van der Waals surface area contributed by atoms with Crippen LogP contribution in [0.2, 0.25) is 0 Å². The molecule has 7 heterocycles. The summed E-state index contributed by atoms with van der Waals surface area (Å²) in [5, 5.41) is 13.2. The average Bonchev–Trinajstić information content (AvgIpc) is 3.73. The van der Waals surface area contributed by atoms with Crippen molar-refractivity contribution >= 4 is 45.8 Å². The third-order valence-electron chi connectivity index (χ3n) is 12.7. The predicted molar refractivity (Wildman–Crippen MR) is 239 cm³/mol. The van der Waals surface area contributed by atoms with Crippen LogP contribution >= 0.6 is 0 Å². The zero-order chi connectivity index (χ0) is 47.9. The number of hydrogen-bond acceptors (Lipinski definition) is 11. The number of aryl methyl sites for hydroxylation is 1. The molecule has 2 aliphatic heterocycles. The second-order valence-corrected chi connectivity index (χ2v) is 18.6. The van der Waals surface area contributed by atoms with E-state index in [0.29, 0.717) is 78.3 Å². The van der Waals surface area contributed by atoms with Crippen LogP contribution < -0.4 is 15.7 Å². The van der Waals surface area contributed by atoms with E-state index < -0.39 is 35.3 Å². The summed E-state index contributed by atoms with van der Waals surface area (Å²) < 4.78 is 68.2. The number of rotatable bonds is 8. The molecular formula is C48H43F4N11O5. The van der Waals surface area contributed by atoms with E-state index in [4.69, 9.17) is 9.72 Å². The van der Waals surface area contributed by atoms with Gasteiger partial charge in [0.2, 0.25) is 5.95 Å². The molecule has 0 radical (unpaired) electrons. The molecule has 16 nitrogen and oxygen atoms in total. The van der Waals surface area contributed by atoms with Crippen molar-refractivity contribution in [2.75, 3.05) is 25.0 Å². The minimum absolute atomic E-state index is 0.0970. The number of likely N-dealkylation sites (tertiary alicyclic amines) is 1. The highest BCUT2D eigenvalue weighted by Gasteiger charge is 2.56. The number of alkyl halides is 3. The lowest BCUT2D eigenvalue weighted by Crippen LogP contribution is -2.64. The third-order valence-corrected chi connectivity index (χ3v) is 12.7. The number of carbonyl (C=O) groups excluding carboxylic acids is 2. The van der Waals surface area contributed by atoms with Gasteiger partial charge in [-0.2, -0.15) is 10.2 Å². The first-order valence-electron chi connectivity index (χ1n) is 21.9. The second-order valence-electron chi connectivity index (χ2n) is 18.6. The molecule has 1 saturated carbocycles. The zero-order valence-corrected chi connectivity index (χ0v) is 37.3. The Kier molecular flexibility index (Phi) is 10.5. The largest absolute Gasteiger partial charge is 0.573 e. The Balaban J connectivity index is 0.940. The number of hydrogen-bond donors (Lipinski definition) is 1. The monoisotopic (exact) mass is 929 g/mol. The molecule has 2 amide bonds. The second kappa shape index (κ2) is 16.2. The summed E-state index contributed by atoms with van der Waals surface area (Å²) in [4.78, 5) is 63.6. The molecule has 3 aliphatic rings. The number of imidazole rings is 1. The molecule has 0 unspecified atom stereocenters. The maximum Gasteiger partial charge on any atom is 0.573 e. The van der Waals surface area contributed by atoms with Crippen LogP contribution in [0.5, 0.6) is 5.75 Å². The van der Waals surface area contributed by atoms with Gasteiger partial charge in [0.15, 0.2) is 5.65 Å². The van der Waals surface area contributed by atoms with Gasteiger partial charge in [-0.25, -0.2) is 28.9 Å². The lowest BCUT2D eigenvalue weighted by atomic mass is 9.60. The van der Waals surface area contributed by atoms with Gasteiger partial charge in [-0.15, -0.1) is 13.2 Å². The third kappa shape index (κ3) is 8.11. The van der Waals surface area contributed by atoms with Gasteiger partial charge in [0.05, 0.1) is 42.3 Å². The van der Waals surface area contributed by atoms with Gasteiger partial charge in [0, 0.05) is 59.6 Å². The number of ether oxygens (including phenoxy) is 2. The topological polar surface area (TPSA) is 178 Å². The number of carbonyl (C=O) groups is 2. The summed E-state index contributed by atoms with van der Waals surface area (Å²) in [6.45, 7) is 8.82. The van der Waals surface area contributed by atoms with Crippen molar-refractivity contribution in [1.82, 2.24) is 43.4 Å². The quantitative estimate of drug-likeness (QED) is 0.146. The van der Waals surface area contributed by atoms with Crippen LogP contribution in [0.4, 0.5) is 34.0 Å². The van der Waals surface area contributed by atoms with E-state index in [2.05, 4.69) is 25.0 Å². The number of nitriles is 1. The predicted octanol–water partition coefficient (Wildman–Crippen LogP) is 8.11. The summed E-state index contributed by atoms with van der Waals surface area (Å²) in [7, 11) is 0. The molecule has 5 aromatic heterocycles. The minimum atomic E-state index is -4.85. The van der Waals surface area contributed by atoms with Gasteiger partial charge in [-0.3, -0.25) is 13.9 Å². The van der Waals surface area contributed by atoms with Crippen molar-refractivity contribution < 1.29 is 36.6 Å². The molecule has 10 rings (SSSR count). The zero-order valence-electron chi connectivity index (χ0n) is 37.3. The fourth-order valence-electron chi connectivity index (χ4n) is 9.69. The number of benzene rings is 2. The van der Waals surface area contributed by atoms with Gasteiger partial charge < -0.3 is 29.2 Å². The molecule has 1 spiro atoms. The number of amides is 2. The standard InChI is InChI=1S/C48H43F4N11O5/c1-27-39-41(58-43(56-27)57-30-9-12-33(13-10-30)67-48(50,51)52)63(32-19-47(20-32)25-60(26-47)45(66)68-46(2,3)4)44(65)62(39)31-11-14-37(55-22-31)42(64)59-17-15-34-35-6-5-16-54-40(35)61(38(34)24-59)23-29-8-7-28(21-53)18-36(29)49/h5-14,16,18,22,32H,15,17,19-20,23-26H2,1-4H3,(H,56,57,58). The van der Waals surface area contributed by atoms with Crippen molar-refractivity contribution in [2.24, 2.45) is 5.41 Å². The molecular weight excluding hydrogens is 887 g/mol. The fourth-order valence-corrected chi connectivity index (χ4v) is 9.69. The van der Waals surface area contributed by atoms with Crippen LogP contribution in [-0.4, -0.2) is 87.0 Å². The van der Waals surface area contributed by atoms with Crippen molar-refractivity contribution in [3.05, 3.63) is 129 Å². The van der Waals surface area contributed by atoms with Crippen LogP contribution in [0.25, 0.3) is 27.9 Å². The molecule has 20 heteroatoms. The molecule has 1 N–H and O–H groups in total. The maximum atomic E-state index is 15.2. The van der Waals surface area contributed by atoms with E-state index >= 15 is 4.39 Å². The molecule has 2 fully saturated rings. The van der Waals surface area contributed by atoms with Crippen molar-refractivity contribution in [3.63, 3.8) is 0 Å². The number of pyridine rings is 2. The summed E-state index contributed by atoms with van der Waals surface area (Å²) >= 11 is 0. The van der Waals surface area contributed by atoms with E-state index in [1.165, 1.54) is 29.0 Å². The number of halogens is 4. The number of nitrogens with zero attached hydrogens (tertiary/aromatic N) is 10. The molecule has 68 heavy (non-hydrogen) atoms. The van der Waals surface area contributed by atoms with Crippen molar-refractivity contribution in [1.29, 1.82) is 5.26 Å². The van der Waals surface area contributed by atoms with Crippen LogP contribution in [0, 0.1) is 29.5 Å². The lowest BCUT2D eigenvalue weighted by molar-refractivity contribution is -0.274. The Hall–Kier alpha value is -7.82. The normalized spacial score (nSPS) is 15.8. The molecule has 0 atom stereocenters. The summed E-state index contributed by atoms with van der Waals surface area (Å²) in [6, 6.07) is 18.1. The van der Waals surface area contributed by atoms with Gasteiger partial charge in [0.1, 0.15) is 34.0 Å². The van der Waals surface area contributed by atoms with E-state index in [0.717, 1.165) is 28.8 Å². The summed E-state index contributed by atoms with van der Waals surface area (Å²) in [5.41, 5.74) is 3.78. The fraction of sp³-hybridized carbons (Fsp3) is 0.333. The van der Waals surface area contributed by atoms with Gasteiger partial charge in [-0.1, -0.05) is 6.07 Å². The highest BCUT2D eigenvalue weighted by Crippen LogP contribution is 2.54. The van der Waals surface area contributed by atoms with E-state index in [-0.39, 0.29) is 47.7 Å². The molecule has 7 aromatic rings. The maximum absolute atomic E-state index is 15.2. The van der Waals surface area contributed by atoms with E-state index in [1.54, 1.807) is 51.8 Å². The summed E-state index contributed by atoms with van der Waals surface area (Å²) in [5.74, 6) is -1.17. The average molecular weight is 930 g/mol. The van der Waals surface area contributed by atoms with Crippen molar-refractivity contribution in [2.45, 2.75) is 78.1 Å². The first kappa shape index (κ1) is 44.0. The van der Waals surface area contributed by atoms with E-state index in [1.807, 2.05) is 43.5 Å². The molecule has 0 bridgehead atoms. The summed E-state index contributed by atoms with van der Waals surface area (Å²) in [6.07, 6.45) is -0.444. The molecule has 2 aromatic carbocycles. The Morgan fingerprint density at radius 2 is 1.74 bits per heavy atom. The Bertz CT molecular complexity index is 3260. The Labute approximate surface area is 385 Å². The minimum Gasteiger partial charge on any atom is -0.444 e. The Morgan fingerprint density at radius 1 is 0.971 bits per heavy atom. The van der Waals surface area contributed by atoms with Gasteiger partial charge >= 0.3 is 18.1 Å². The van der Waals surface area contributed by atoms with Crippen LogP contribution in [0.15, 0.2) is 83.9 Å². The number of nitrogens with one attached hydrogen (secondary N) is 1. The first-order valence-corrected chi connectivity index (χ1v) is 21.9. The number of fused-ring (bicyclic) bond motifs is 4. The highest BCUT2D eigenvalue weighted by atomic mass is 19.4. The van der Waals surface area contributed by atoms with Crippen molar-refractivity contribution in [3.8, 4) is 17.5 Å². The molecule has 348 valence electrons. The van der Waals surface area contributed by atoms with E-state index in [9.17, 15) is 32.8 Å². The molecule has 1 saturated heterocycles. The highest BCUT2D eigenvalue weighted by molar-refractivity contribution is 5.93. The van der Waals surface area contributed by atoms with Gasteiger partial charge in [0.25, 0.3) is 5.91 Å². The number of anilines is 2. The van der Waals surface area contributed by atoms with Gasteiger partial charge in [-0.05, 0) is 113 Å². The Morgan fingerprint density at radius 3 is 2.41 bits per heavy atom. The van der Waals surface area contributed by atoms with Crippen LogP contribution in [-0.2, 0) is 24.2 Å². The number of aromatic nitrogens is 7. The molecule has 1 aliphatic carbocycles. The smallest absolute Gasteiger partial charge is 0.444 e. The first-order chi connectivity index (χ1) is 32.4. The SMILES string of the molecule is Cc1nc(Nc2ccc(OC(F)(F)F)cc2)nc2c1n(-c1ccc(C(=O)N3CCc4c(n(Cc5ccc(C#N)cc5F)c5ncccc45)C3)nc1)c(=O)n2C1CC2(C1)CN(C(=O)OC(C)(C)C)C2. The van der Waals surface area contributed by atoms with Crippen LogP contribution in [0.1, 0.15) is 78.2 Å². The van der Waals surface area contributed by atoms with Crippen LogP contribution in [0.3, 0.4) is 0 Å².